The molecule has 0 fully saturated rings. The standard InChI is InChI=1S/C28H31N/c1-3-25(19-20-29-2)28(21-22-11-5-4-6-12-22)26-15-9-7-13-23(26)17-18-24-14-8-10-16-27(24)28/h4-16,19,29H,3,17-18,20-21H2,1-2H3/b25-19+. The summed E-state index contributed by atoms with van der Waals surface area (Å²) in [5.41, 5.74) is 8.72. The smallest absolute Gasteiger partial charge is 0.0457 e. The fraction of sp³-hybridized carbons (Fsp3) is 0.286. The van der Waals surface area contributed by atoms with Crippen molar-refractivity contribution in [1.29, 1.82) is 0 Å². The highest BCUT2D eigenvalue weighted by Gasteiger charge is 2.41. The largest absolute Gasteiger partial charge is 0.316 e. The quantitative estimate of drug-likeness (QED) is 0.527. The lowest BCUT2D eigenvalue weighted by Gasteiger charge is -2.39. The van der Waals surface area contributed by atoms with E-state index in [2.05, 4.69) is 97.2 Å². The summed E-state index contributed by atoms with van der Waals surface area (Å²) in [6.45, 7) is 3.20. The molecule has 0 bridgehead atoms. The zero-order valence-corrected chi connectivity index (χ0v) is 17.6. The van der Waals surface area contributed by atoms with E-state index in [0.29, 0.717) is 0 Å². The van der Waals surface area contributed by atoms with Gasteiger partial charge in [-0.3, -0.25) is 0 Å². The molecule has 4 rings (SSSR count). The van der Waals surface area contributed by atoms with Crippen molar-refractivity contribution in [2.75, 3.05) is 13.6 Å². The average molecular weight is 382 g/mol. The van der Waals surface area contributed by atoms with Crippen LogP contribution in [0.5, 0.6) is 0 Å². The summed E-state index contributed by atoms with van der Waals surface area (Å²) in [5.74, 6) is 0. The van der Waals surface area contributed by atoms with Crippen LogP contribution in [0.25, 0.3) is 0 Å². The normalized spacial score (nSPS) is 15.3. The van der Waals surface area contributed by atoms with Crippen molar-refractivity contribution in [2.24, 2.45) is 0 Å². The van der Waals surface area contributed by atoms with Gasteiger partial charge in [-0.1, -0.05) is 97.4 Å². The first-order valence-electron chi connectivity index (χ1n) is 10.8. The van der Waals surface area contributed by atoms with Crippen molar-refractivity contribution >= 4 is 0 Å². The first kappa shape index (κ1) is 19.7. The van der Waals surface area contributed by atoms with Crippen LogP contribution in [0.15, 0.2) is 90.5 Å². The molecular formula is C28H31N. The van der Waals surface area contributed by atoms with Gasteiger partial charge in [-0.15, -0.1) is 0 Å². The molecule has 3 aromatic carbocycles. The minimum atomic E-state index is -0.128. The lowest BCUT2D eigenvalue weighted by atomic mass is 9.63. The molecule has 0 spiro atoms. The molecule has 1 nitrogen and oxygen atoms in total. The number of aryl methyl sites for hydroxylation is 2. The molecule has 0 aliphatic heterocycles. The fourth-order valence-corrected chi connectivity index (χ4v) is 5.12. The van der Waals surface area contributed by atoms with E-state index < -0.39 is 0 Å². The van der Waals surface area contributed by atoms with Crippen molar-refractivity contribution in [3.8, 4) is 0 Å². The van der Waals surface area contributed by atoms with E-state index in [4.69, 9.17) is 0 Å². The van der Waals surface area contributed by atoms with Crippen LogP contribution in [-0.4, -0.2) is 13.6 Å². The lowest BCUT2D eigenvalue weighted by Crippen LogP contribution is -2.34. The van der Waals surface area contributed by atoms with Crippen LogP contribution in [0.1, 0.15) is 41.2 Å². The highest BCUT2D eigenvalue weighted by Crippen LogP contribution is 2.48. The van der Waals surface area contributed by atoms with E-state index >= 15 is 0 Å². The van der Waals surface area contributed by atoms with Crippen LogP contribution in [0, 0.1) is 0 Å². The van der Waals surface area contributed by atoms with Gasteiger partial charge in [0.05, 0.1) is 0 Å². The maximum Gasteiger partial charge on any atom is 0.0457 e. The molecule has 29 heavy (non-hydrogen) atoms. The number of likely N-dealkylation sites (N-methyl/N-ethyl adjacent to an activating group) is 1. The number of rotatable bonds is 6. The van der Waals surface area contributed by atoms with Crippen molar-refractivity contribution in [3.05, 3.63) is 118 Å². The highest BCUT2D eigenvalue weighted by molar-refractivity contribution is 5.57. The number of hydrogen-bond donors (Lipinski definition) is 1. The molecule has 1 N–H and O–H groups in total. The Balaban J connectivity index is 2.05. The van der Waals surface area contributed by atoms with Gasteiger partial charge < -0.3 is 5.32 Å². The molecule has 0 aromatic heterocycles. The molecule has 148 valence electrons. The zero-order valence-electron chi connectivity index (χ0n) is 17.6. The molecule has 0 atom stereocenters. The SMILES string of the molecule is CC/C(=C\CNC)C1(Cc2ccccc2)c2ccccc2CCc2ccccc21. The topological polar surface area (TPSA) is 12.0 Å². The van der Waals surface area contributed by atoms with Gasteiger partial charge in [0.1, 0.15) is 0 Å². The second-order valence-corrected chi connectivity index (χ2v) is 8.02. The van der Waals surface area contributed by atoms with E-state index in [0.717, 1.165) is 32.2 Å². The molecule has 0 saturated heterocycles. The average Bonchev–Trinajstić information content (AvgIpc) is 2.91. The van der Waals surface area contributed by atoms with Crippen LogP contribution in [0.3, 0.4) is 0 Å². The summed E-state index contributed by atoms with van der Waals surface area (Å²) in [6.07, 6.45) is 6.67. The predicted molar refractivity (Wildman–Crippen MR) is 124 cm³/mol. The van der Waals surface area contributed by atoms with Crippen molar-refractivity contribution in [2.45, 2.75) is 38.0 Å². The Labute approximate surface area is 175 Å². The van der Waals surface area contributed by atoms with Crippen LogP contribution in [0.4, 0.5) is 0 Å². The van der Waals surface area contributed by atoms with Gasteiger partial charge in [-0.2, -0.15) is 0 Å². The van der Waals surface area contributed by atoms with E-state index in [9.17, 15) is 0 Å². The number of fused-ring (bicyclic) bond motifs is 2. The molecule has 1 aliphatic rings. The summed E-state index contributed by atoms with van der Waals surface area (Å²) in [4.78, 5) is 0. The first-order chi connectivity index (χ1) is 14.3. The molecule has 0 saturated carbocycles. The molecule has 0 heterocycles. The van der Waals surface area contributed by atoms with Gasteiger partial charge >= 0.3 is 0 Å². The third kappa shape index (κ3) is 3.68. The number of nitrogens with one attached hydrogen (secondary N) is 1. The Kier molecular flexibility index (Phi) is 5.97. The van der Waals surface area contributed by atoms with Gasteiger partial charge in [0, 0.05) is 12.0 Å². The Hall–Kier alpha value is -2.64. The maximum atomic E-state index is 3.34. The van der Waals surface area contributed by atoms with E-state index in [1.54, 1.807) is 0 Å². The molecule has 3 aromatic rings. The molecular weight excluding hydrogens is 350 g/mol. The van der Waals surface area contributed by atoms with Gasteiger partial charge in [-0.25, -0.2) is 0 Å². The third-order valence-corrected chi connectivity index (χ3v) is 6.41. The molecule has 0 radical (unpaired) electrons. The Bertz CT molecular complexity index is 936. The van der Waals surface area contributed by atoms with Crippen LogP contribution in [-0.2, 0) is 24.7 Å². The van der Waals surface area contributed by atoms with Crippen LogP contribution >= 0.6 is 0 Å². The minimum absolute atomic E-state index is 0.128. The van der Waals surface area contributed by atoms with E-state index in [-0.39, 0.29) is 5.41 Å². The van der Waals surface area contributed by atoms with Crippen molar-refractivity contribution in [3.63, 3.8) is 0 Å². The van der Waals surface area contributed by atoms with Crippen LogP contribution < -0.4 is 5.32 Å². The monoisotopic (exact) mass is 381 g/mol. The van der Waals surface area contributed by atoms with Crippen molar-refractivity contribution in [1.82, 2.24) is 5.32 Å². The zero-order chi connectivity index (χ0) is 20.1. The lowest BCUT2D eigenvalue weighted by molar-refractivity contribution is 0.572. The van der Waals surface area contributed by atoms with Crippen molar-refractivity contribution < 1.29 is 0 Å². The van der Waals surface area contributed by atoms with Crippen LogP contribution in [0.2, 0.25) is 0 Å². The molecule has 1 heteroatoms. The summed E-state index contributed by atoms with van der Waals surface area (Å²) < 4.78 is 0. The molecule has 1 aliphatic carbocycles. The highest BCUT2D eigenvalue weighted by atomic mass is 14.8. The van der Waals surface area contributed by atoms with E-state index in [1.807, 2.05) is 7.05 Å². The maximum absolute atomic E-state index is 3.34. The summed E-state index contributed by atoms with van der Waals surface area (Å²) in [7, 11) is 2.03. The second kappa shape index (κ2) is 8.80. The first-order valence-corrected chi connectivity index (χ1v) is 10.8. The number of allylic oxidation sites excluding steroid dienone is 1. The Morgan fingerprint density at radius 1 is 0.828 bits per heavy atom. The third-order valence-electron chi connectivity index (χ3n) is 6.41. The molecule has 0 unspecified atom stereocenters. The second-order valence-electron chi connectivity index (χ2n) is 8.02. The van der Waals surface area contributed by atoms with E-state index in [1.165, 1.54) is 33.4 Å². The number of benzene rings is 3. The summed E-state index contributed by atoms with van der Waals surface area (Å²) in [6, 6.07) is 29.3. The van der Waals surface area contributed by atoms with Gasteiger partial charge in [0.15, 0.2) is 0 Å². The molecule has 0 amide bonds. The predicted octanol–water partition coefficient (Wildman–Crippen LogP) is 5.87. The number of hydrogen-bond acceptors (Lipinski definition) is 1. The minimum Gasteiger partial charge on any atom is -0.316 e. The summed E-state index contributed by atoms with van der Waals surface area (Å²) >= 11 is 0. The van der Waals surface area contributed by atoms with Gasteiger partial charge in [-0.05, 0) is 60.5 Å². The Morgan fingerprint density at radius 2 is 1.38 bits per heavy atom. The fourth-order valence-electron chi connectivity index (χ4n) is 5.12. The Morgan fingerprint density at radius 3 is 1.93 bits per heavy atom. The summed E-state index contributed by atoms with van der Waals surface area (Å²) in [5, 5.41) is 3.34. The van der Waals surface area contributed by atoms with Gasteiger partial charge in [0.2, 0.25) is 0 Å². The van der Waals surface area contributed by atoms with Gasteiger partial charge in [0.25, 0.3) is 0 Å².